The first-order chi connectivity index (χ1) is 9.60. The summed E-state index contributed by atoms with van der Waals surface area (Å²) in [5.41, 5.74) is 1.16. The summed E-state index contributed by atoms with van der Waals surface area (Å²) in [5, 5.41) is 13.3. The van der Waals surface area contributed by atoms with E-state index in [1.165, 1.54) is 25.7 Å². The molecule has 2 N–H and O–H groups in total. The van der Waals surface area contributed by atoms with Crippen molar-refractivity contribution in [3.63, 3.8) is 0 Å². The number of methoxy groups -OCH3 is 1. The second-order valence-electron chi connectivity index (χ2n) is 6.20. The maximum Gasteiger partial charge on any atom is 0.160 e. The predicted octanol–water partition coefficient (Wildman–Crippen LogP) is 3.88. The Bertz CT molecular complexity index is 433. The third-order valence-electron chi connectivity index (χ3n) is 4.46. The Labute approximate surface area is 122 Å². The SMILES string of the molecule is COc1cc(C(C)NCC2CCCC(C)C2)ccc1O. The van der Waals surface area contributed by atoms with Gasteiger partial charge in [-0.15, -0.1) is 0 Å². The highest BCUT2D eigenvalue weighted by Gasteiger charge is 2.19. The fourth-order valence-corrected chi connectivity index (χ4v) is 3.17. The summed E-state index contributed by atoms with van der Waals surface area (Å²) >= 11 is 0. The second-order valence-corrected chi connectivity index (χ2v) is 6.20. The van der Waals surface area contributed by atoms with Crippen LogP contribution in [0.2, 0.25) is 0 Å². The Kier molecular flexibility index (Phi) is 5.30. The number of aromatic hydroxyl groups is 1. The fourth-order valence-electron chi connectivity index (χ4n) is 3.17. The summed E-state index contributed by atoms with van der Waals surface area (Å²) in [6.07, 6.45) is 5.46. The summed E-state index contributed by atoms with van der Waals surface area (Å²) in [6, 6.07) is 5.85. The molecule has 0 bridgehead atoms. The zero-order valence-corrected chi connectivity index (χ0v) is 12.9. The highest BCUT2D eigenvalue weighted by molar-refractivity contribution is 5.42. The molecule has 3 unspecified atom stereocenters. The Balaban J connectivity index is 1.89. The van der Waals surface area contributed by atoms with Gasteiger partial charge in [-0.05, 0) is 55.8 Å². The Morgan fingerprint density at radius 2 is 2.20 bits per heavy atom. The molecule has 3 atom stereocenters. The van der Waals surface area contributed by atoms with Gasteiger partial charge in [0.05, 0.1) is 7.11 Å². The first-order valence-electron chi connectivity index (χ1n) is 7.70. The molecule has 0 heterocycles. The molecule has 0 radical (unpaired) electrons. The Morgan fingerprint density at radius 3 is 2.90 bits per heavy atom. The molecule has 1 aromatic rings. The lowest BCUT2D eigenvalue weighted by Crippen LogP contribution is -2.28. The molecule has 1 saturated carbocycles. The molecule has 1 aliphatic carbocycles. The van der Waals surface area contributed by atoms with Crippen LogP contribution in [-0.4, -0.2) is 18.8 Å². The monoisotopic (exact) mass is 277 g/mol. The molecular weight excluding hydrogens is 250 g/mol. The lowest BCUT2D eigenvalue weighted by molar-refractivity contribution is 0.268. The molecule has 20 heavy (non-hydrogen) atoms. The molecular formula is C17H27NO2. The van der Waals surface area contributed by atoms with Gasteiger partial charge in [0.15, 0.2) is 11.5 Å². The van der Waals surface area contributed by atoms with Gasteiger partial charge in [0, 0.05) is 6.04 Å². The maximum atomic E-state index is 9.63. The maximum absolute atomic E-state index is 9.63. The minimum atomic E-state index is 0.199. The average molecular weight is 277 g/mol. The van der Waals surface area contributed by atoms with E-state index >= 15 is 0 Å². The van der Waals surface area contributed by atoms with Crippen LogP contribution < -0.4 is 10.1 Å². The molecule has 0 aromatic heterocycles. The van der Waals surface area contributed by atoms with E-state index in [-0.39, 0.29) is 11.8 Å². The van der Waals surface area contributed by atoms with E-state index in [1.54, 1.807) is 13.2 Å². The van der Waals surface area contributed by atoms with Gasteiger partial charge in [0.2, 0.25) is 0 Å². The van der Waals surface area contributed by atoms with Crippen molar-refractivity contribution in [3.05, 3.63) is 23.8 Å². The molecule has 3 heteroatoms. The van der Waals surface area contributed by atoms with Gasteiger partial charge in [0.25, 0.3) is 0 Å². The van der Waals surface area contributed by atoms with E-state index in [2.05, 4.69) is 19.2 Å². The van der Waals surface area contributed by atoms with Crippen molar-refractivity contribution >= 4 is 0 Å². The van der Waals surface area contributed by atoms with E-state index in [4.69, 9.17) is 4.74 Å². The van der Waals surface area contributed by atoms with Gasteiger partial charge in [-0.1, -0.05) is 25.8 Å². The molecule has 0 spiro atoms. The molecule has 1 aromatic carbocycles. The predicted molar refractivity (Wildman–Crippen MR) is 82.2 cm³/mol. The van der Waals surface area contributed by atoms with Crippen molar-refractivity contribution in [2.45, 2.75) is 45.6 Å². The third kappa shape index (κ3) is 3.89. The number of nitrogens with one attached hydrogen (secondary N) is 1. The number of phenolic OH excluding ortho intramolecular Hbond substituents is 1. The number of benzene rings is 1. The summed E-state index contributed by atoms with van der Waals surface area (Å²) in [5.74, 6) is 2.42. The lowest BCUT2D eigenvalue weighted by Gasteiger charge is -2.28. The van der Waals surface area contributed by atoms with Gasteiger partial charge in [-0.3, -0.25) is 0 Å². The lowest BCUT2D eigenvalue weighted by atomic mass is 9.82. The van der Waals surface area contributed by atoms with Crippen molar-refractivity contribution in [2.75, 3.05) is 13.7 Å². The Hall–Kier alpha value is -1.22. The fraction of sp³-hybridized carbons (Fsp3) is 0.647. The van der Waals surface area contributed by atoms with E-state index in [1.807, 2.05) is 12.1 Å². The van der Waals surface area contributed by atoms with E-state index in [0.29, 0.717) is 5.75 Å². The molecule has 0 saturated heterocycles. The molecule has 0 aliphatic heterocycles. The zero-order valence-electron chi connectivity index (χ0n) is 12.9. The topological polar surface area (TPSA) is 41.5 Å². The van der Waals surface area contributed by atoms with E-state index in [0.717, 1.165) is 23.9 Å². The van der Waals surface area contributed by atoms with Gasteiger partial charge in [0.1, 0.15) is 0 Å². The quantitative estimate of drug-likeness (QED) is 0.858. The molecule has 112 valence electrons. The van der Waals surface area contributed by atoms with Crippen molar-refractivity contribution in [1.29, 1.82) is 0 Å². The van der Waals surface area contributed by atoms with E-state index < -0.39 is 0 Å². The van der Waals surface area contributed by atoms with Crippen LogP contribution in [0.5, 0.6) is 11.5 Å². The van der Waals surface area contributed by atoms with Crippen LogP contribution >= 0.6 is 0 Å². The molecule has 0 amide bonds. The standard InChI is InChI=1S/C17H27NO2/c1-12-5-4-6-14(9-12)11-18-13(2)15-7-8-16(19)17(10-15)20-3/h7-8,10,12-14,18-19H,4-6,9,11H2,1-3H3. The van der Waals surface area contributed by atoms with Crippen LogP contribution in [0.4, 0.5) is 0 Å². The smallest absolute Gasteiger partial charge is 0.160 e. The first kappa shape index (κ1) is 15.2. The summed E-state index contributed by atoms with van der Waals surface area (Å²) in [6.45, 7) is 5.60. The molecule has 3 nitrogen and oxygen atoms in total. The van der Waals surface area contributed by atoms with Gasteiger partial charge >= 0.3 is 0 Å². The number of phenols is 1. The number of rotatable bonds is 5. The average Bonchev–Trinajstić information content (AvgIpc) is 2.45. The first-order valence-corrected chi connectivity index (χ1v) is 7.70. The van der Waals surface area contributed by atoms with Crippen molar-refractivity contribution in [1.82, 2.24) is 5.32 Å². The number of hydrogen-bond acceptors (Lipinski definition) is 3. The van der Waals surface area contributed by atoms with Crippen LogP contribution in [0.3, 0.4) is 0 Å². The van der Waals surface area contributed by atoms with Gasteiger partial charge < -0.3 is 15.2 Å². The van der Waals surface area contributed by atoms with Crippen LogP contribution in [-0.2, 0) is 0 Å². The van der Waals surface area contributed by atoms with E-state index in [9.17, 15) is 5.11 Å². The molecule has 1 aliphatic rings. The summed E-state index contributed by atoms with van der Waals surface area (Å²) < 4.78 is 5.17. The highest BCUT2D eigenvalue weighted by Crippen LogP contribution is 2.30. The highest BCUT2D eigenvalue weighted by atomic mass is 16.5. The minimum Gasteiger partial charge on any atom is -0.504 e. The zero-order chi connectivity index (χ0) is 14.5. The molecule has 2 rings (SSSR count). The Morgan fingerprint density at radius 1 is 1.40 bits per heavy atom. The van der Waals surface area contributed by atoms with Crippen LogP contribution in [0, 0.1) is 11.8 Å². The summed E-state index contributed by atoms with van der Waals surface area (Å²) in [7, 11) is 1.58. The summed E-state index contributed by atoms with van der Waals surface area (Å²) in [4.78, 5) is 0. The largest absolute Gasteiger partial charge is 0.504 e. The van der Waals surface area contributed by atoms with Gasteiger partial charge in [-0.2, -0.15) is 0 Å². The molecule has 1 fully saturated rings. The van der Waals surface area contributed by atoms with Crippen LogP contribution in [0.15, 0.2) is 18.2 Å². The third-order valence-corrected chi connectivity index (χ3v) is 4.46. The van der Waals surface area contributed by atoms with Crippen molar-refractivity contribution < 1.29 is 9.84 Å². The minimum absolute atomic E-state index is 0.199. The van der Waals surface area contributed by atoms with Crippen LogP contribution in [0.1, 0.15) is 51.1 Å². The number of hydrogen-bond donors (Lipinski definition) is 2. The van der Waals surface area contributed by atoms with Crippen molar-refractivity contribution in [3.8, 4) is 11.5 Å². The van der Waals surface area contributed by atoms with Gasteiger partial charge in [-0.25, -0.2) is 0 Å². The van der Waals surface area contributed by atoms with Crippen molar-refractivity contribution in [2.24, 2.45) is 11.8 Å². The normalized spacial score (nSPS) is 24.4. The van der Waals surface area contributed by atoms with Crippen LogP contribution in [0.25, 0.3) is 0 Å². The number of ether oxygens (including phenoxy) is 1. The second kappa shape index (κ2) is 6.98.